The first-order valence-corrected chi connectivity index (χ1v) is 10.3. The number of Topliss-reactive ketones (excluding diaryl/α,β-unsaturated/α-hetero) is 1. The van der Waals surface area contributed by atoms with Crippen molar-refractivity contribution in [2.24, 2.45) is 5.92 Å². The molecular formula is C22H23NO3S. The predicted octanol–water partition coefficient (Wildman–Crippen LogP) is 4.96. The Hall–Kier alpha value is -2.40. The molecule has 1 aliphatic rings. The molecule has 2 heterocycles. The minimum absolute atomic E-state index is 0.183. The topological polar surface area (TPSA) is 59.2 Å². The fourth-order valence-corrected chi connectivity index (χ4v) is 4.93. The third-order valence-corrected chi connectivity index (χ3v) is 6.56. The van der Waals surface area contributed by atoms with Gasteiger partial charge in [0.25, 0.3) is 0 Å². The molecule has 5 heteroatoms. The number of para-hydroxylation sites is 1. The highest BCUT2D eigenvalue weighted by molar-refractivity contribution is 7.14. The largest absolute Gasteiger partial charge is 0.453 e. The van der Waals surface area contributed by atoms with E-state index >= 15 is 0 Å². The molecule has 0 fully saturated rings. The number of fused-ring (bicyclic) bond motifs is 2. The molecule has 0 saturated heterocycles. The maximum atomic E-state index is 12.6. The summed E-state index contributed by atoms with van der Waals surface area (Å²) in [4.78, 5) is 30.1. The molecule has 1 atom stereocenters. The summed E-state index contributed by atoms with van der Waals surface area (Å²) >= 11 is 1.51. The lowest BCUT2D eigenvalue weighted by Crippen LogP contribution is -2.13. The highest BCUT2D eigenvalue weighted by Crippen LogP contribution is 2.32. The number of aryl methyl sites for hydroxylation is 2. The highest BCUT2D eigenvalue weighted by Gasteiger charge is 2.22. The summed E-state index contributed by atoms with van der Waals surface area (Å²) in [6.07, 6.45) is 5.82. The Morgan fingerprint density at radius 2 is 2.19 bits per heavy atom. The van der Waals surface area contributed by atoms with Crippen LogP contribution in [0, 0.1) is 5.92 Å². The van der Waals surface area contributed by atoms with Crippen molar-refractivity contribution in [2.75, 3.05) is 6.61 Å². The number of ketones is 1. The number of aromatic nitrogens is 1. The molecule has 4 nitrogen and oxygen atoms in total. The molecule has 2 aromatic heterocycles. The maximum absolute atomic E-state index is 12.6. The van der Waals surface area contributed by atoms with Crippen LogP contribution in [0.3, 0.4) is 0 Å². The van der Waals surface area contributed by atoms with Gasteiger partial charge in [-0.2, -0.15) is 0 Å². The number of benzene rings is 1. The Kier molecular flexibility index (Phi) is 4.87. The third-order valence-electron chi connectivity index (χ3n) is 5.35. The van der Waals surface area contributed by atoms with E-state index in [9.17, 15) is 9.59 Å². The average molecular weight is 381 g/mol. The molecule has 0 unspecified atom stereocenters. The van der Waals surface area contributed by atoms with Crippen molar-refractivity contribution < 1.29 is 14.3 Å². The van der Waals surface area contributed by atoms with Gasteiger partial charge in [0, 0.05) is 27.5 Å². The van der Waals surface area contributed by atoms with Crippen LogP contribution in [0.4, 0.5) is 0 Å². The van der Waals surface area contributed by atoms with Crippen LogP contribution in [0.25, 0.3) is 10.9 Å². The van der Waals surface area contributed by atoms with Gasteiger partial charge in [-0.3, -0.25) is 4.79 Å². The Labute approximate surface area is 162 Å². The van der Waals surface area contributed by atoms with Crippen LogP contribution in [0.5, 0.6) is 0 Å². The zero-order valence-electron chi connectivity index (χ0n) is 15.6. The number of aromatic amines is 1. The lowest BCUT2D eigenvalue weighted by molar-refractivity contribution is 0.0480. The molecule has 3 aromatic rings. The van der Waals surface area contributed by atoms with Crippen LogP contribution in [0.15, 0.2) is 30.5 Å². The van der Waals surface area contributed by atoms with E-state index in [0.717, 1.165) is 30.2 Å². The number of carbonyl (C=O) groups excluding carboxylic acids is 2. The summed E-state index contributed by atoms with van der Waals surface area (Å²) < 4.78 is 5.33. The zero-order valence-corrected chi connectivity index (χ0v) is 16.4. The maximum Gasteiger partial charge on any atom is 0.348 e. The van der Waals surface area contributed by atoms with E-state index in [-0.39, 0.29) is 12.4 Å². The number of hydrogen-bond acceptors (Lipinski definition) is 4. The molecule has 0 amide bonds. The molecule has 140 valence electrons. The van der Waals surface area contributed by atoms with Gasteiger partial charge in [-0.05, 0) is 48.8 Å². The molecule has 0 spiro atoms. The van der Waals surface area contributed by atoms with Gasteiger partial charge in [0.1, 0.15) is 4.88 Å². The van der Waals surface area contributed by atoms with Crippen LogP contribution in [-0.4, -0.2) is 23.3 Å². The first-order chi connectivity index (χ1) is 13.1. The second-order valence-electron chi connectivity index (χ2n) is 7.30. The predicted molar refractivity (Wildman–Crippen MR) is 108 cm³/mol. The molecule has 1 N–H and O–H groups in total. The Morgan fingerprint density at radius 3 is 3.00 bits per heavy atom. The van der Waals surface area contributed by atoms with E-state index in [0.29, 0.717) is 16.4 Å². The van der Waals surface area contributed by atoms with Crippen LogP contribution in [-0.2, 0) is 24.0 Å². The lowest BCUT2D eigenvalue weighted by atomic mass is 9.90. The van der Waals surface area contributed by atoms with Crippen LogP contribution < -0.4 is 0 Å². The monoisotopic (exact) mass is 381 g/mol. The first kappa shape index (κ1) is 18.0. The molecule has 0 bridgehead atoms. The van der Waals surface area contributed by atoms with Gasteiger partial charge in [0.2, 0.25) is 5.78 Å². The molecule has 4 rings (SSSR count). The van der Waals surface area contributed by atoms with Gasteiger partial charge in [-0.1, -0.05) is 32.0 Å². The van der Waals surface area contributed by atoms with Gasteiger partial charge in [0.15, 0.2) is 6.61 Å². The summed E-state index contributed by atoms with van der Waals surface area (Å²) in [5.74, 6) is 0.0784. The SMILES string of the molecule is CCc1cccc2c(C(=O)COC(=O)c3cc4c(s3)CC[C@@H](C)C4)c[nH]c12. The van der Waals surface area contributed by atoms with Crippen molar-refractivity contribution >= 4 is 34.0 Å². The van der Waals surface area contributed by atoms with E-state index in [1.54, 1.807) is 6.20 Å². The number of hydrogen-bond donors (Lipinski definition) is 1. The van der Waals surface area contributed by atoms with Crippen molar-refractivity contribution in [2.45, 2.75) is 39.5 Å². The minimum atomic E-state index is -0.399. The number of nitrogens with one attached hydrogen (secondary N) is 1. The summed E-state index contributed by atoms with van der Waals surface area (Å²) in [6.45, 7) is 4.09. The summed E-state index contributed by atoms with van der Waals surface area (Å²) in [5.41, 5.74) is 3.99. The molecule has 0 radical (unpaired) electrons. The van der Waals surface area contributed by atoms with Crippen molar-refractivity contribution in [3.8, 4) is 0 Å². The fraction of sp³-hybridized carbons (Fsp3) is 0.364. The second kappa shape index (κ2) is 7.31. The smallest absolute Gasteiger partial charge is 0.348 e. The number of carbonyl (C=O) groups is 2. The van der Waals surface area contributed by atoms with Crippen molar-refractivity contribution in [1.29, 1.82) is 0 Å². The molecule has 1 aliphatic carbocycles. The van der Waals surface area contributed by atoms with Crippen LogP contribution in [0.2, 0.25) is 0 Å². The Balaban J connectivity index is 1.46. The summed E-state index contributed by atoms with van der Waals surface area (Å²) in [7, 11) is 0. The average Bonchev–Trinajstić information content (AvgIpc) is 3.29. The molecule has 0 saturated carbocycles. The molecule has 27 heavy (non-hydrogen) atoms. The van der Waals surface area contributed by atoms with Gasteiger partial charge in [0.05, 0.1) is 0 Å². The van der Waals surface area contributed by atoms with Gasteiger partial charge in [-0.25, -0.2) is 4.79 Å². The number of esters is 1. The van der Waals surface area contributed by atoms with Crippen molar-refractivity contribution in [3.63, 3.8) is 0 Å². The quantitative estimate of drug-likeness (QED) is 0.502. The third kappa shape index (κ3) is 3.44. The number of rotatable bonds is 5. The number of thiophene rings is 1. The van der Waals surface area contributed by atoms with Crippen molar-refractivity contribution in [3.05, 3.63) is 56.9 Å². The molecular weight excluding hydrogens is 358 g/mol. The first-order valence-electron chi connectivity index (χ1n) is 9.47. The number of H-pyrrole nitrogens is 1. The Bertz CT molecular complexity index is 1010. The summed E-state index contributed by atoms with van der Waals surface area (Å²) in [6, 6.07) is 7.87. The highest BCUT2D eigenvalue weighted by atomic mass is 32.1. The standard InChI is InChI=1S/C22H23NO3S/c1-3-14-5-4-6-16-17(11-23-21(14)16)18(24)12-26-22(25)20-10-15-9-13(2)7-8-19(15)27-20/h4-6,10-11,13,23H,3,7-9,12H2,1-2H3/t13-/m1/s1. The lowest BCUT2D eigenvalue weighted by Gasteiger charge is -2.16. The van der Waals surface area contributed by atoms with Crippen molar-refractivity contribution in [1.82, 2.24) is 4.98 Å². The second-order valence-corrected chi connectivity index (χ2v) is 8.44. The molecule has 0 aliphatic heterocycles. The normalized spacial score (nSPS) is 16.3. The number of ether oxygens (including phenoxy) is 1. The van der Waals surface area contributed by atoms with Crippen LogP contribution in [0.1, 0.15) is 56.3 Å². The zero-order chi connectivity index (χ0) is 19.0. The van der Waals surface area contributed by atoms with Gasteiger partial charge < -0.3 is 9.72 Å². The Morgan fingerprint density at radius 1 is 1.33 bits per heavy atom. The fourth-order valence-electron chi connectivity index (χ4n) is 3.83. The van der Waals surface area contributed by atoms with Gasteiger partial charge >= 0.3 is 5.97 Å². The van der Waals surface area contributed by atoms with Gasteiger partial charge in [-0.15, -0.1) is 11.3 Å². The van der Waals surface area contributed by atoms with E-state index in [2.05, 4.69) is 18.8 Å². The summed E-state index contributed by atoms with van der Waals surface area (Å²) in [5, 5.41) is 0.885. The van der Waals surface area contributed by atoms with E-state index in [1.807, 2.05) is 24.3 Å². The van der Waals surface area contributed by atoms with E-state index in [4.69, 9.17) is 4.74 Å². The minimum Gasteiger partial charge on any atom is -0.453 e. The van der Waals surface area contributed by atoms with E-state index in [1.165, 1.54) is 33.8 Å². The van der Waals surface area contributed by atoms with Crippen LogP contribution >= 0.6 is 11.3 Å². The molecule has 1 aromatic carbocycles. The van der Waals surface area contributed by atoms with E-state index < -0.39 is 5.97 Å².